The number of methoxy groups -OCH3 is 2. The molecule has 0 saturated heterocycles. The van der Waals surface area contributed by atoms with Gasteiger partial charge in [0.05, 0.1) is 20.6 Å². The zero-order valence-electron chi connectivity index (χ0n) is 11.4. The zero-order chi connectivity index (χ0) is 14.4. The van der Waals surface area contributed by atoms with Crippen LogP contribution in [0, 0.1) is 0 Å². The van der Waals surface area contributed by atoms with E-state index in [-0.39, 0.29) is 12.3 Å². The van der Waals surface area contributed by atoms with Gasteiger partial charge in [-0.05, 0) is 30.3 Å². The highest BCUT2D eigenvalue weighted by molar-refractivity contribution is 5.92. The van der Waals surface area contributed by atoms with Crippen LogP contribution in [-0.2, 0) is 11.2 Å². The molecule has 0 aliphatic rings. The number of pyridine rings is 1. The third-order valence-corrected chi connectivity index (χ3v) is 2.80. The fraction of sp³-hybridized carbons (Fsp3) is 0.200. The van der Waals surface area contributed by atoms with Crippen molar-refractivity contribution in [2.45, 2.75) is 6.42 Å². The number of hydrogen-bond donors (Lipinski definition) is 1. The molecule has 0 aliphatic heterocycles. The van der Waals surface area contributed by atoms with Gasteiger partial charge in [0.25, 0.3) is 0 Å². The Labute approximate surface area is 117 Å². The van der Waals surface area contributed by atoms with E-state index in [1.165, 1.54) is 0 Å². The van der Waals surface area contributed by atoms with Gasteiger partial charge < -0.3 is 14.8 Å². The van der Waals surface area contributed by atoms with Gasteiger partial charge in [0.1, 0.15) is 11.5 Å². The zero-order valence-corrected chi connectivity index (χ0v) is 11.4. The van der Waals surface area contributed by atoms with E-state index in [0.717, 1.165) is 5.56 Å². The first kappa shape index (κ1) is 13.9. The second kappa shape index (κ2) is 6.56. The van der Waals surface area contributed by atoms with Gasteiger partial charge >= 0.3 is 0 Å². The van der Waals surface area contributed by atoms with Crippen LogP contribution in [0.4, 0.5) is 5.69 Å². The maximum Gasteiger partial charge on any atom is 0.228 e. The van der Waals surface area contributed by atoms with Crippen LogP contribution in [0.1, 0.15) is 5.56 Å². The molecule has 5 heteroatoms. The molecule has 104 valence electrons. The molecule has 20 heavy (non-hydrogen) atoms. The van der Waals surface area contributed by atoms with E-state index in [4.69, 9.17) is 9.47 Å². The Morgan fingerprint density at radius 2 is 1.90 bits per heavy atom. The number of nitrogens with zero attached hydrogens (tertiary/aromatic N) is 1. The number of benzene rings is 1. The van der Waals surface area contributed by atoms with Crippen molar-refractivity contribution in [1.29, 1.82) is 0 Å². The minimum absolute atomic E-state index is 0.122. The predicted octanol–water partition coefficient (Wildman–Crippen LogP) is 2.28. The van der Waals surface area contributed by atoms with E-state index in [2.05, 4.69) is 10.3 Å². The van der Waals surface area contributed by atoms with E-state index >= 15 is 0 Å². The smallest absolute Gasteiger partial charge is 0.228 e. The van der Waals surface area contributed by atoms with Crippen LogP contribution in [0.2, 0.25) is 0 Å². The van der Waals surface area contributed by atoms with Crippen LogP contribution in [0.25, 0.3) is 0 Å². The van der Waals surface area contributed by atoms with Crippen molar-refractivity contribution < 1.29 is 14.3 Å². The summed E-state index contributed by atoms with van der Waals surface area (Å²) in [5.74, 6) is 1.23. The van der Waals surface area contributed by atoms with Crippen molar-refractivity contribution >= 4 is 11.6 Å². The van der Waals surface area contributed by atoms with Crippen LogP contribution in [-0.4, -0.2) is 25.1 Å². The number of carbonyl (C=O) groups excluding carboxylic acids is 1. The minimum Gasteiger partial charge on any atom is -0.497 e. The van der Waals surface area contributed by atoms with Crippen LogP contribution < -0.4 is 14.8 Å². The summed E-state index contributed by atoms with van der Waals surface area (Å²) < 4.78 is 10.4. The van der Waals surface area contributed by atoms with Crippen LogP contribution in [0.15, 0.2) is 42.7 Å². The molecule has 1 amide bonds. The molecule has 2 aromatic rings. The molecule has 1 aromatic heterocycles. The summed E-state index contributed by atoms with van der Waals surface area (Å²) in [5.41, 5.74) is 1.49. The highest BCUT2D eigenvalue weighted by Crippen LogP contribution is 2.24. The molecular weight excluding hydrogens is 256 g/mol. The van der Waals surface area contributed by atoms with Crippen molar-refractivity contribution in [2.24, 2.45) is 0 Å². The van der Waals surface area contributed by atoms with E-state index < -0.39 is 0 Å². The van der Waals surface area contributed by atoms with Crippen LogP contribution in [0.3, 0.4) is 0 Å². The third kappa shape index (κ3) is 3.47. The van der Waals surface area contributed by atoms with Crippen molar-refractivity contribution in [1.82, 2.24) is 4.98 Å². The monoisotopic (exact) mass is 272 g/mol. The Balaban J connectivity index is 2.10. The fourth-order valence-electron chi connectivity index (χ4n) is 1.83. The fourth-order valence-corrected chi connectivity index (χ4v) is 1.83. The van der Waals surface area contributed by atoms with Crippen LogP contribution in [0.5, 0.6) is 11.5 Å². The second-order valence-electron chi connectivity index (χ2n) is 4.14. The molecular formula is C15H16N2O3. The number of carbonyl (C=O) groups is 1. The Kier molecular flexibility index (Phi) is 4.55. The second-order valence-corrected chi connectivity index (χ2v) is 4.14. The Morgan fingerprint density at radius 3 is 2.55 bits per heavy atom. The summed E-state index contributed by atoms with van der Waals surface area (Å²) in [5, 5.41) is 2.80. The summed E-state index contributed by atoms with van der Waals surface area (Å²) in [7, 11) is 3.16. The number of ether oxygens (including phenoxy) is 2. The summed E-state index contributed by atoms with van der Waals surface area (Å²) >= 11 is 0. The minimum atomic E-state index is -0.122. The van der Waals surface area contributed by atoms with E-state index in [1.807, 2.05) is 0 Å². The molecule has 0 spiro atoms. The molecule has 1 heterocycles. The van der Waals surface area contributed by atoms with E-state index in [0.29, 0.717) is 17.2 Å². The lowest BCUT2D eigenvalue weighted by Crippen LogP contribution is -2.15. The molecule has 1 aromatic carbocycles. The first-order chi connectivity index (χ1) is 9.72. The number of anilines is 1. The van der Waals surface area contributed by atoms with Crippen molar-refractivity contribution in [3.8, 4) is 11.5 Å². The molecule has 0 aliphatic carbocycles. The molecule has 0 unspecified atom stereocenters. The highest BCUT2D eigenvalue weighted by atomic mass is 16.5. The number of nitrogens with one attached hydrogen (secondary N) is 1. The summed E-state index contributed by atoms with van der Waals surface area (Å²) in [6.45, 7) is 0. The molecule has 0 atom stereocenters. The van der Waals surface area contributed by atoms with Crippen molar-refractivity contribution in [3.63, 3.8) is 0 Å². The summed E-state index contributed by atoms with van der Waals surface area (Å²) in [4.78, 5) is 15.9. The number of amides is 1. The van der Waals surface area contributed by atoms with Gasteiger partial charge in [0.15, 0.2) is 0 Å². The largest absolute Gasteiger partial charge is 0.497 e. The van der Waals surface area contributed by atoms with E-state index in [9.17, 15) is 4.79 Å². The molecule has 0 bridgehead atoms. The number of hydrogen-bond acceptors (Lipinski definition) is 4. The third-order valence-electron chi connectivity index (χ3n) is 2.80. The summed E-state index contributed by atoms with van der Waals surface area (Å²) in [6, 6.07) is 8.85. The first-order valence-corrected chi connectivity index (χ1v) is 6.13. The molecule has 1 N–H and O–H groups in total. The SMILES string of the molecule is COc1ccc(OC)c(CC(=O)Nc2ccncc2)c1. The van der Waals surface area contributed by atoms with Crippen molar-refractivity contribution in [2.75, 3.05) is 19.5 Å². The Bertz CT molecular complexity index is 585. The van der Waals surface area contributed by atoms with Gasteiger partial charge in [0.2, 0.25) is 5.91 Å². The number of rotatable bonds is 5. The van der Waals surface area contributed by atoms with Crippen molar-refractivity contribution in [3.05, 3.63) is 48.3 Å². The van der Waals surface area contributed by atoms with Gasteiger partial charge in [-0.2, -0.15) is 0 Å². The van der Waals surface area contributed by atoms with Gasteiger partial charge in [-0.3, -0.25) is 9.78 Å². The van der Waals surface area contributed by atoms with Gasteiger partial charge in [-0.1, -0.05) is 0 Å². The normalized spacial score (nSPS) is 9.90. The molecule has 5 nitrogen and oxygen atoms in total. The average Bonchev–Trinajstić information content (AvgIpc) is 2.48. The van der Waals surface area contributed by atoms with Gasteiger partial charge in [-0.15, -0.1) is 0 Å². The standard InChI is InChI=1S/C15H16N2O3/c1-19-13-3-4-14(20-2)11(9-13)10-15(18)17-12-5-7-16-8-6-12/h3-9H,10H2,1-2H3,(H,16,17,18). The molecule has 0 radical (unpaired) electrons. The molecule has 2 rings (SSSR count). The highest BCUT2D eigenvalue weighted by Gasteiger charge is 2.10. The predicted molar refractivity (Wildman–Crippen MR) is 76.1 cm³/mol. The lowest BCUT2D eigenvalue weighted by Gasteiger charge is -2.10. The van der Waals surface area contributed by atoms with E-state index in [1.54, 1.807) is 56.9 Å². The molecule has 0 saturated carbocycles. The molecule has 0 fully saturated rings. The van der Waals surface area contributed by atoms with Crippen LogP contribution >= 0.6 is 0 Å². The topological polar surface area (TPSA) is 60.5 Å². The Hall–Kier alpha value is -2.56. The quantitative estimate of drug-likeness (QED) is 0.907. The summed E-state index contributed by atoms with van der Waals surface area (Å²) in [6.07, 6.45) is 3.46. The Morgan fingerprint density at radius 1 is 1.15 bits per heavy atom. The average molecular weight is 272 g/mol. The number of aromatic nitrogens is 1. The maximum absolute atomic E-state index is 12.0. The van der Waals surface area contributed by atoms with Gasteiger partial charge in [-0.25, -0.2) is 0 Å². The maximum atomic E-state index is 12.0. The van der Waals surface area contributed by atoms with Gasteiger partial charge in [0, 0.05) is 23.6 Å². The first-order valence-electron chi connectivity index (χ1n) is 6.13. The lowest BCUT2D eigenvalue weighted by molar-refractivity contribution is -0.115. The lowest BCUT2D eigenvalue weighted by atomic mass is 10.1.